The van der Waals surface area contributed by atoms with Gasteiger partial charge in [-0.1, -0.05) is 6.92 Å². The summed E-state index contributed by atoms with van der Waals surface area (Å²) in [4.78, 5) is 0. The fourth-order valence-electron chi connectivity index (χ4n) is 2.32. The topological polar surface area (TPSA) is 32.3 Å². The van der Waals surface area contributed by atoms with E-state index in [2.05, 4.69) is 12.2 Å². The lowest BCUT2D eigenvalue weighted by molar-refractivity contribution is 0.203. The summed E-state index contributed by atoms with van der Waals surface area (Å²) >= 11 is 0. The highest BCUT2D eigenvalue weighted by atomic mass is 16.3. The number of aliphatic hydroxyl groups is 1. The van der Waals surface area contributed by atoms with Gasteiger partial charge >= 0.3 is 0 Å². The molecular weight excluding hydrogens is 162 g/mol. The van der Waals surface area contributed by atoms with Gasteiger partial charge in [0.15, 0.2) is 0 Å². The number of aliphatic hydroxyl groups excluding tert-OH is 1. The van der Waals surface area contributed by atoms with Crippen LogP contribution in [0.3, 0.4) is 0 Å². The molecule has 2 aliphatic rings. The minimum Gasteiger partial charge on any atom is -0.396 e. The third-order valence-electron chi connectivity index (χ3n) is 3.75. The Morgan fingerprint density at radius 2 is 2.15 bits per heavy atom. The van der Waals surface area contributed by atoms with Gasteiger partial charge in [-0.15, -0.1) is 0 Å². The van der Waals surface area contributed by atoms with E-state index < -0.39 is 0 Å². The van der Waals surface area contributed by atoms with Crippen molar-refractivity contribution in [2.45, 2.75) is 45.1 Å². The van der Waals surface area contributed by atoms with Gasteiger partial charge in [0, 0.05) is 24.6 Å². The Labute approximate surface area is 80.7 Å². The Kier molecular flexibility index (Phi) is 2.61. The predicted octanol–water partition coefficient (Wildman–Crippen LogP) is 1.54. The molecule has 0 aromatic heterocycles. The van der Waals surface area contributed by atoms with Gasteiger partial charge < -0.3 is 10.4 Å². The van der Waals surface area contributed by atoms with Gasteiger partial charge in [0.2, 0.25) is 0 Å². The molecule has 0 spiro atoms. The molecule has 0 saturated heterocycles. The molecule has 2 saturated carbocycles. The van der Waals surface area contributed by atoms with E-state index in [9.17, 15) is 0 Å². The third-order valence-corrected chi connectivity index (χ3v) is 3.75. The molecule has 0 bridgehead atoms. The van der Waals surface area contributed by atoms with Gasteiger partial charge in [-0.25, -0.2) is 0 Å². The van der Waals surface area contributed by atoms with Crippen LogP contribution < -0.4 is 5.32 Å². The summed E-state index contributed by atoms with van der Waals surface area (Å²) in [6.45, 7) is 3.75. The quantitative estimate of drug-likeness (QED) is 0.693. The Morgan fingerprint density at radius 3 is 2.62 bits per heavy atom. The van der Waals surface area contributed by atoms with Gasteiger partial charge in [0.05, 0.1) is 0 Å². The molecule has 76 valence electrons. The van der Waals surface area contributed by atoms with Crippen LogP contribution in [0.4, 0.5) is 0 Å². The van der Waals surface area contributed by atoms with Crippen molar-refractivity contribution in [3.63, 3.8) is 0 Å². The maximum Gasteiger partial charge on any atom is 0.0499 e. The molecule has 0 aromatic carbocycles. The van der Waals surface area contributed by atoms with Crippen LogP contribution in [0, 0.1) is 11.3 Å². The Bertz CT molecular complexity index is 177. The van der Waals surface area contributed by atoms with Gasteiger partial charge in [0.1, 0.15) is 0 Å². The van der Waals surface area contributed by atoms with E-state index in [-0.39, 0.29) is 5.41 Å². The lowest BCUT2D eigenvalue weighted by Crippen LogP contribution is -2.33. The van der Waals surface area contributed by atoms with Crippen LogP contribution in [0.1, 0.15) is 39.0 Å². The second kappa shape index (κ2) is 3.58. The smallest absolute Gasteiger partial charge is 0.0499 e. The molecule has 2 aliphatic carbocycles. The van der Waals surface area contributed by atoms with E-state index in [1.54, 1.807) is 0 Å². The van der Waals surface area contributed by atoms with Crippen molar-refractivity contribution in [2.75, 3.05) is 13.2 Å². The van der Waals surface area contributed by atoms with Crippen molar-refractivity contribution in [3.8, 4) is 0 Å². The minimum atomic E-state index is 0.284. The number of nitrogens with one attached hydrogen (secondary N) is 1. The molecule has 2 heteroatoms. The SMILES string of the molecule is CC1CCC(NCC2(CO)CC2)C1. The molecule has 2 unspecified atom stereocenters. The largest absolute Gasteiger partial charge is 0.396 e. The van der Waals surface area contributed by atoms with Crippen molar-refractivity contribution in [3.05, 3.63) is 0 Å². The number of hydrogen-bond donors (Lipinski definition) is 2. The van der Waals surface area contributed by atoms with E-state index in [1.807, 2.05) is 0 Å². The van der Waals surface area contributed by atoms with Gasteiger partial charge in [-0.05, 0) is 38.0 Å². The molecule has 2 N–H and O–H groups in total. The zero-order chi connectivity index (χ0) is 9.31. The Morgan fingerprint density at radius 1 is 1.38 bits per heavy atom. The number of hydrogen-bond acceptors (Lipinski definition) is 2. The fraction of sp³-hybridized carbons (Fsp3) is 1.00. The molecule has 2 nitrogen and oxygen atoms in total. The normalized spacial score (nSPS) is 36.5. The first-order valence-corrected chi connectivity index (χ1v) is 5.58. The summed E-state index contributed by atoms with van der Waals surface area (Å²) in [5.41, 5.74) is 0.284. The van der Waals surface area contributed by atoms with Crippen molar-refractivity contribution >= 4 is 0 Å². The monoisotopic (exact) mass is 183 g/mol. The molecule has 0 heterocycles. The molecule has 13 heavy (non-hydrogen) atoms. The van der Waals surface area contributed by atoms with E-state index >= 15 is 0 Å². The summed E-state index contributed by atoms with van der Waals surface area (Å²) < 4.78 is 0. The minimum absolute atomic E-state index is 0.284. The van der Waals surface area contributed by atoms with Crippen LogP contribution in [-0.2, 0) is 0 Å². The first kappa shape index (κ1) is 9.47. The first-order chi connectivity index (χ1) is 6.24. The van der Waals surface area contributed by atoms with Crippen molar-refractivity contribution in [2.24, 2.45) is 11.3 Å². The highest BCUT2D eigenvalue weighted by Crippen LogP contribution is 2.44. The fourth-order valence-corrected chi connectivity index (χ4v) is 2.32. The highest BCUT2D eigenvalue weighted by molar-refractivity contribution is 4.95. The summed E-state index contributed by atoms with van der Waals surface area (Å²) in [5.74, 6) is 0.904. The standard InChI is InChI=1S/C11H21NO/c1-9-2-3-10(6-9)12-7-11(8-13)4-5-11/h9-10,12-13H,2-8H2,1H3. The molecule has 2 atom stereocenters. The average molecular weight is 183 g/mol. The third kappa shape index (κ3) is 2.23. The maximum absolute atomic E-state index is 9.14. The zero-order valence-corrected chi connectivity index (χ0v) is 8.55. The Hall–Kier alpha value is -0.0800. The number of rotatable bonds is 4. The molecular formula is C11H21NO. The lowest BCUT2D eigenvalue weighted by Gasteiger charge is -2.17. The van der Waals surface area contributed by atoms with E-state index in [4.69, 9.17) is 5.11 Å². The second-order valence-electron chi connectivity index (χ2n) is 5.15. The second-order valence-corrected chi connectivity index (χ2v) is 5.15. The van der Waals surface area contributed by atoms with Crippen LogP contribution in [0.25, 0.3) is 0 Å². The highest BCUT2D eigenvalue weighted by Gasteiger charge is 2.42. The summed E-state index contributed by atoms with van der Waals surface area (Å²) in [6.07, 6.45) is 6.49. The summed E-state index contributed by atoms with van der Waals surface area (Å²) in [5, 5.41) is 12.7. The van der Waals surface area contributed by atoms with Gasteiger partial charge in [-0.2, -0.15) is 0 Å². The van der Waals surface area contributed by atoms with Crippen LogP contribution in [0.15, 0.2) is 0 Å². The molecule has 0 aliphatic heterocycles. The first-order valence-electron chi connectivity index (χ1n) is 5.58. The summed E-state index contributed by atoms with van der Waals surface area (Å²) in [7, 11) is 0. The molecule has 2 rings (SSSR count). The average Bonchev–Trinajstić information content (AvgIpc) is 2.81. The van der Waals surface area contributed by atoms with Crippen LogP contribution in [0.2, 0.25) is 0 Å². The van der Waals surface area contributed by atoms with Crippen molar-refractivity contribution in [1.82, 2.24) is 5.32 Å². The molecule has 0 aromatic rings. The van der Waals surface area contributed by atoms with Crippen LogP contribution in [-0.4, -0.2) is 24.3 Å². The molecule has 0 radical (unpaired) electrons. The van der Waals surface area contributed by atoms with Crippen molar-refractivity contribution < 1.29 is 5.11 Å². The van der Waals surface area contributed by atoms with Crippen LogP contribution in [0.5, 0.6) is 0 Å². The van der Waals surface area contributed by atoms with Crippen LogP contribution >= 0.6 is 0 Å². The Balaban J connectivity index is 1.68. The van der Waals surface area contributed by atoms with Gasteiger partial charge in [-0.3, -0.25) is 0 Å². The van der Waals surface area contributed by atoms with E-state index in [0.717, 1.165) is 18.5 Å². The van der Waals surface area contributed by atoms with E-state index in [1.165, 1.54) is 32.1 Å². The summed E-state index contributed by atoms with van der Waals surface area (Å²) in [6, 6.07) is 0.735. The zero-order valence-electron chi connectivity index (χ0n) is 8.55. The molecule has 0 amide bonds. The van der Waals surface area contributed by atoms with Gasteiger partial charge in [0.25, 0.3) is 0 Å². The molecule has 2 fully saturated rings. The lowest BCUT2D eigenvalue weighted by atomic mass is 10.1. The van der Waals surface area contributed by atoms with E-state index in [0.29, 0.717) is 6.61 Å². The van der Waals surface area contributed by atoms with Crippen molar-refractivity contribution in [1.29, 1.82) is 0 Å². The predicted molar refractivity (Wildman–Crippen MR) is 53.6 cm³/mol. The maximum atomic E-state index is 9.14.